The molecule has 1 aromatic carbocycles. The van der Waals surface area contributed by atoms with Gasteiger partial charge in [0.05, 0.1) is 10.7 Å². The molecule has 4 nitrogen and oxygen atoms in total. The average molecular weight is 331 g/mol. The van der Waals surface area contributed by atoms with Crippen LogP contribution in [0.5, 0.6) is 0 Å². The fraction of sp³-hybridized carbons (Fsp3) is 0.467. The van der Waals surface area contributed by atoms with E-state index < -0.39 is 0 Å². The molecule has 0 unspecified atom stereocenters. The summed E-state index contributed by atoms with van der Waals surface area (Å²) >= 11 is 12.0. The van der Waals surface area contributed by atoms with Crippen molar-refractivity contribution in [3.05, 3.63) is 28.2 Å². The van der Waals surface area contributed by atoms with Crippen LogP contribution in [0.25, 0.3) is 0 Å². The smallest absolute Gasteiger partial charge is 0.223 e. The number of hydrogen-bond acceptors (Lipinski definition) is 2. The molecule has 21 heavy (non-hydrogen) atoms. The van der Waals surface area contributed by atoms with E-state index in [0.29, 0.717) is 22.3 Å². The number of benzene rings is 1. The summed E-state index contributed by atoms with van der Waals surface area (Å²) in [4.78, 5) is 25.0. The Balaban J connectivity index is 2.68. The van der Waals surface area contributed by atoms with Crippen molar-refractivity contribution in [3.63, 3.8) is 0 Å². The lowest BCUT2D eigenvalue weighted by Gasteiger charge is -2.22. The molecule has 0 atom stereocenters. The average Bonchev–Trinajstić information content (AvgIpc) is 2.42. The third-order valence-corrected chi connectivity index (χ3v) is 3.55. The van der Waals surface area contributed by atoms with Crippen molar-refractivity contribution >= 4 is 40.7 Å². The minimum atomic E-state index is -0.180. The normalized spacial score (nSPS) is 10.3. The summed E-state index contributed by atoms with van der Waals surface area (Å²) in [6, 6.07) is 4.92. The predicted molar refractivity (Wildman–Crippen MR) is 87.0 cm³/mol. The van der Waals surface area contributed by atoms with Gasteiger partial charge in [0.2, 0.25) is 11.8 Å². The monoisotopic (exact) mass is 330 g/mol. The predicted octanol–water partition coefficient (Wildman–Crippen LogP) is 3.65. The maximum atomic E-state index is 11.8. The Morgan fingerprint density at radius 2 is 2.00 bits per heavy atom. The van der Waals surface area contributed by atoms with Crippen LogP contribution in [0.15, 0.2) is 18.2 Å². The van der Waals surface area contributed by atoms with E-state index in [2.05, 4.69) is 12.2 Å². The molecule has 0 aromatic heterocycles. The van der Waals surface area contributed by atoms with E-state index in [4.69, 9.17) is 23.2 Å². The fourth-order valence-electron chi connectivity index (χ4n) is 1.85. The van der Waals surface area contributed by atoms with Crippen molar-refractivity contribution < 1.29 is 9.59 Å². The molecule has 0 spiro atoms. The quantitative estimate of drug-likeness (QED) is 0.775. The van der Waals surface area contributed by atoms with Gasteiger partial charge >= 0.3 is 0 Å². The summed E-state index contributed by atoms with van der Waals surface area (Å²) in [5.74, 6) is -0.256. The fourth-order valence-corrected chi connectivity index (χ4v) is 2.23. The van der Waals surface area contributed by atoms with Gasteiger partial charge in [-0.3, -0.25) is 9.59 Å². The third-order valence-electron chi connectivity index (χ3n) is 2.99. The van der Waals surface area contributed by atoms with Crippen LogP contribution in [0.4, 0.5) is 5.69 Å². The first-order valence-electron chi connectivity index (χ1n) is 6.95. The largest absolute Gasteiger partial charge is 0.356 e. The second-order valence-corrected chi connectivity index (χ2v) is 5.56. The van der Waals surface area contributed by atoms with Gasteiger partial charge in [-0.1, -0.05) is 36.5 Å². The summed E-state index contributed by atoms with van der Waals surface area (Å²) in [6.07, 6.45) is 2.20. The molecule has 0 aliphatic heterocycles. The zero-order chi connectivity index (χ0) is 15.8. The summed E-state index contributed by atoms with van der Waals surface area (Å²) < 4.78 is 0. The van der Waals surface area contributed by atoms with Crippen LogP contribution in [0.1, 0.15) is 33.1 Å². The molecule has 0 saturated carbocycles. The Bertz CT molecular complexity index is 506. The minimum absolute atomic E-state index is 0.0761. The van der Waals surface area contributed by atoms with Crippen molar-refractivity contribution in [2.45, 2.75) is 33.1 Å². The van der Waals surface area contributed by atoms with Gasteiger partial charge in [-0.2, -0.15) is 0 Å². The number of carbonyl (C=O) groups is 2. The molecule has 6 heteroatoms. The Labute approximate surface area is 135 Å². The standard InChI is InChI=1S/C15H20Cl2N2O2/c1-3-4-8-18-15(21)7-9-19(11(2)20)14-10-12(16)5-6-13(14)17/h5-6,10H,3-4,7-9H2,1-2H3,(H,18,21). The maximum Gasteiger partial charge on any atom is 0.223 e. The number of anilines is 1. The number of nitrogens with one attached hydrogen (secondary N) is 1. The molecule has 2 amide bonds. The van der Waals surface area contributed by atoms with Crippen molar-refractivity contribution in [2.75, 3.05) is 18.0 Å². The molecule has 0 aliphatic carbocycles. The number of carbonyl (C=O) groups excluding carboxylic acids is 2. The number of amides is 2. The number of hydrogen-bond donors (Lipinski definition) is 1. The van der Waals surface area contributed by atoms with Crippen LogP contribution in [-0.4, -0.2) is 24.9 Å². The van der Waals surface area contributed by atoms with Gasteiger partial charge < -0.3 is 10.2 Å². The van der Waals surface area contributed by atoms with Crippen LogP contribution >= 0.6 is 23.2 Å². The SMILES string of the molecule is CCCCNC(=O)CCN(C(C)=O)c1cc(Cl)ccc1Cl. The summed E-state index contributed by atoms with van der Waals surface area (Å²) in [5, 5.41) is 3.74. The zero-order valence-electron chi connectivity index (χ0n) is 12.3. The van der Waals surface area contributed by atoms with Crippen LogP contribution in [0.2, 0.25) is 10.0 Å². The Kier molecular flexibility index (Phi) is 7.54. The highest BCUT2D eigenvalue weighted by Gasteiger charge is 2.16. The van der Waals surface area contributed by atoms with E-state index in [-0.39, 0.29) is 24.8 Å². The van der Waals surface area contributed by atoms with Crippen molar-refractivity contribution in [1.29, 1.82) is 0 Å². The molecule has 0 aliphatic rings. The van der Waals surface area contributed by atoms with Crippen LogP contribution in [0, 0.1) is 0 Å². The number of nitrogens with zero attached hydrogens (tertiary/aromatic N) is 1. The highest BCUT2D eigenvalue weighted by Crippen LogP contribution is 2.29. The first-order chi connectivity index (χ1) is 9.95. The minimum Gasteiger partial charge on any atom is -0.356 e. The van der Waals surface area contributed by atoms with E-state index in [1.54, 1.807) is 18.2 Å². The number of rotatable bonds is 7. The van der Waals surface area contributed by atoms with E-state index >= 15 is 0 Å². The highest BCUT2D eigenvalue weighted by molar-refractivity contribution is 6.35. The van der Waals surface area contributed by atoms with E-state index in [1.807, 2.05) is 0 Å². The lowest BCUT2D eigenvalue weighted by Crippen LogP contribution is -2.34. The van der Waals surface area contributed by atoms with Crippen molar-refractivity contribution in [1.82, 2.24) is 5.32 Å². The molecule has 0 radical (unpaired) electrons. The molecule has 1 N–H and O–H groups in total. The Morgan fingerprint density at radius 1 is 1.29 bits per heavy atom. The van der Waals surface area contributed by atoms with Gasteiger partial charge in [0.25, 0.3) is 0 Å². The van der Waals surface area contributed by atoms with Gasteiger partial charge in [-0.05, 0) is 24.6 Å². The molecule has 0 bridgehead atoms. The van der Waals surface area contributed by atoms with Crippen molar-refractivity contribution in [2.24, 2.45) is 0 Å². The second-order valence-electron chi connectivity index (χ2n) is 4.72. The second kappa shape index (κ2) is 8.90. The topological polar surface area (TPSA) is 49.4 Å². The summed E-state index contributed by atoms with van der Waals surface area (Å²) in [7, 11) is 0. The number of halogens is 2. The molecule has 0 heterocycles. The lowest BCUT2D eigenvalue weighted by molar-refractivity contribution is -0.121. The van der Waals surface area contributed by atoms with E-state index in [1.165, 1.54) is 11.8 Å². The van der Waals surface area contributed by atoms with Gasteiger partial charge in [0, 0.05) is 31.5 Å². The van der Waals surface area contributed by atoms with Crippen LogP contribution in [-0.2, 0) is 9.59 Å². The van der Waals surface area contributed by atoms with Crippen molar-refractivity contribution in [3.8, 4) is 0 Å². The van der Waals surface area contributed by atoms with Gasteiger partial charge in [0.1, 0.15) is 0 Å². The van der Waals surface area contributed by atoms with E-state index in [9.17, 15) is 9.59 Å². The number of unbranched alkanes of at least 4 members (excludes halogenated alkanes) is 1. The lowest BCUT2D eigenvalue weighted by atomic mass is 10.2. The van der Waals surface area contributed by atoms with Gasteiger partial charge in [0.15, 0.2) is 0 Å². The molecular weight excluding hydrogens is 311 g/mol. The molecule has 0 saturated heterocycles. The van der Waals surface area contributed by atoms with Gasteiger partial charge in [-0.15, -0.1) is 0 Å². The Hall–Kier alpha value is -1.26. The summed E-state index contributed by atoms with van der Waals surface area (Å²) in [5.41, 5.74) is 0.526. The maximum absolute atomic E-state index is 11.8. The summed E-state index contributed by atoms with van der Waals surface area (Å²) in [6.45, 7) is 4.43. The van der Waals surface area contributed by atoms with Gasteiger partial charge in [-0.25, -0.2) is 0 Å². The van der Waals surface area contributed by atoms with Crippen LogP contribution in [0.3, 0.4) is 0 Å². The first kappa shape index (κ1) is 17.8. The van der Waals surface area contributed by atoms with Crippen LogP contribution < -0.4 is 10.2 Å². The molecule has 1 aromatic rings. The molecule has 1 rings (SSSR count). The highest BCUT2D eigenvalue weighted by atomic mass is 35.5. The molecular formula is C15H20Cl2N2O2. The Morgan fingerprint density at radius 3 is 2.62 bits per heavy atom. The molecule has 116 valence electrons. The third kappa shape index (κ3) is 5.94. The first-order valence-corrected chi connectivity index (χ1v) is 7.71. The van der Waals surface area contributed by atoms with E-state index in [0.717, 1.165) is 12.8 Å². The zero-order valence-corrected chi connectivity index (χ0v) is 13.8. The molecule has 0 fully saturated rings.